The Morgan fingerprint density at radius 2 is 1.89 bits per heavy atom. The number of halogens is 4. The summed E-state index contributed by atoms with van der Waals surface area (Å²) in [7, 11) is 0. The highest BCUT2D eigenvalue weighted by Gasteiger charge is 2.38. The standard InChI is InChI=1S/C25H24F3N5O.ClH/c26-25(27,28)18-4-1-3-17(13-18)21-10-11-22-23(31-21)33(20-5-2-12-32(22)15-20)24(34)30-19-8-6-16(14-29)7-9-19;/h1,3-4,6-11,13,20H,2,5,12,14-15,29H2,(H,30,34);1H/t20-;/m0./s1. The van der Waals surface area contributed by atoms with Gasteiger partial charge >= 0.3 is 12.2 Å². The van der Waals surface area contributed by atoms with Crippen molar-refractivity contribution in [2.75, 3.05) is 28.2 Å². The third kappa shape index (κ3) is 4.92. The van der Waals surface area contributed by atoms with E-state index in [1.165, 1.54) is 6.07 Å². The minimum atomic E-state index is -4.45. The van der Waals surface area contributed by atoms with Gasteiger partial charge in [0.1, 0.15) is 0 Å². The molecule has 3 N–H and O–H groups in total. The third-order valence-corrected chi connectivity index (χ3v) is 6.33. The molecule has 1 atom stereocenters. The monoisotopic (exact) mass is 503 g/mol. The maximum Gasteiger partial charge on any atom is 0.416 e. The molecule has 2 aliphatic heterocycles. The van der Waals surface area contributed by atoms with Gasteiger partial charge in [-0.05, 0) is 54.8 Å². The number of carbonyl (C=O) groups is 1. The number of urea groups is 1. The Bertz CT molecular complexity index is 1220. The molecule has 0 aliphatic carbocycles. The SMILES string of the molecule is Cl.NCc1ccc(NC(=O)N2c3nc(-c4cccc(C(F)(F)F)c4)ccc3N3CCC[C@H]2C3)cc1. The average molecular weight is 504 g/mol. The van der Waals surface area contributed by atoms with Crippen molar-refractivity contribution in [3.8, 4) is 11.3 Å². The summed E-state index contributed by atoms with van der Waals surface area (Å²) in [6.45, 7) is 1.95. The number of hydrogen-bond donors (Lipinski definition) is 2. The molecule has 2 bridgehead atoms. The van der Waals surface area contributed by atoms with Crippen LogP contribution in [-0.4, -0.2) is 30.1 Å². The number of alkyl halides is 3. The van der Waals surface area contributed by atoms with Crippen molar-refractivity contribution in [1.29, 1.82) is 0 Å². The number of nitrogens with two attached hydrogens (primary N) is 1. The lowest BCUT2D eigenvalue weighted by molar-refractivity contribution is -0.137. The summed E-state index contributed by atoms with van der Waals surface area (Å²) in [5.41, 5.74) is 8.05. The zero-order chi connectivity index (χ0) is 23.9. The van der Waals surface area contributed by atoms with Crippen molar-refractivity contribution in [2.45, 2.75) is 31.6 Å². The van der Waals surface area contributed by atoms with Crippen molar-refractivity contribution in [3.05, 3.63) is 71.8 Å². The van der Waals surface area contributed by atoms with E-state index in [4.69, 9.17) is 10.7 Å². The molecule has 3 heterocycles. The van der Waals surface area contributed by atoms with Gasteiger partial charge in [-0.15, -0.1) is 12.4 Å². The minimum Gasteiger partial charge on any atom is -0.366 e. The zero-order valence-corrected chi connectivity index (χ0v) is 19.6. The summed E-state index contributed by atoms with van der Waals surface area (Å²) >= 11 is 0. The van der Waals surface area contributed by atoms with Crippen molar-refractivity contribution < 1.29 is 18.0 Å². The first-order valence-corrected chi connectivity index (χ1v) is 11.2. The lowest BCUT2D eigenvalue weighted by Crippen LogP contribution is -2.56. The maximum atomic E-state index is 13.4. The average Bonchev–Trinajstić information content (AvgIpc) is 2.84. The molecule has 0 saturated carbocycles. The maximum absolute atomic E-state index is 13.4. The normalized spacial score (nSPS) is 16.9. The first-order valence-electron chi connectivity index (χ1n) is 11.2. The van der Waals surface area contributed by atoms with Crippen LogP contribution in [0.4, 0.5) is 35.2 Å². The van der Waals surface area contributed by atoms with E-state index in [1.54, 1.807) is 29.2 Å². The van der Waals surface area contributed by atoms with Crippen LogP contribution in [-0.2, 0) is 12.7 Å². The van der Waals surface area contributed by atoms with Crippen LogP contribution < -0.4 is 20.9 Å². The summed E-state index contributed by atoms with van der Waals surface area (Å²) in [4.78, 5) is 21.9. The quantitative estimate of drug-likeness (QED) is 0.483. The Labute approximate surface area is 207 Å². The molecule has 2 aromatic carbocycles. The molecule has 2 amide bonds. The number of carbonyl (C=O) groups excluding carboxylic acids is 1. The summed E-state index contributed by atoms with van der Waals surface area (Å²) in [6, 6.07) is 15.5. The molecule has 0 radical (unpaired) electrons. The van der Waals surface area contributed by atoms with Gasteiger partial charge in [-0.1, -0.05) is 24.3 Å². The molecule has 184 valence electrons. The van der Waals surface area contributed by atoms with E-state index in [0.717, 1.165) is 42.8 Å². The van der Waals surface area contributed by atoms with E-state index in [9.17, 15) is 18.0 Å². The first kappa shape index (κ1) is 24.8. The minimum absolute atomic E-state index is 0. The highest BCUT2D eigenvalue weighted by molar-refractivity contribution is 6.04. The largest absolute Gasteiger partial charge is 0.416 e. The van der Waals surface area contributed by atoms with Crippen molar-refractivity contribution in [2.24, 2.45) is 5.73 Å². The van der Waals surface area contributed by atoms with Crippen LogP contribution in [0.2, 0.25) is 0 Å². The Hall–Kier alpha value is -3.30. The molecule has 1 saturated heterocycles. The number of piperidine rings is 1. The van der Waals surface area contributed by atoms with Gasteiger partial charge < -0.3 is 16.0 Å². The van der Waals surface area contributed by atoms with Crippen molar-refractivity contribution in [3.63, 3.8) is 0 Å². The molecular weight excluding hydrogens is 479 g/mol. The highest BCUT2D eigenvalue weighted by Crippen LogP contribution is 2.40. The second-order valence-electron chi connectivity index (χ2n) is 8.56. The number of rotatable bonds is 3. The molecule has 0 unspecified atom stereocenters. The van der Waals surface area contributed by atoms with Gasteiger partial charge in [-0.2, -0.15) is 13.2 Å². The van der Waals surface area contributed by atoms with Crippen LogP contribution in [0, 0.1) is 0 Å². The predicted molar refractivity (Wildman–Crippen MR) is 133 cm³/mol. The van der Waals surface area contributed by atoms with Gasteiger partial charge in [-0.25, -0.2) is 9.78 Å². The van der Waals surface area contributed by atoms with Crippen LogP contribution in [0.3, 0.4) is 0 Å². The van der Waals surface area contributed by atoms with Crippen molar-refractivity contribution in [1.82, 2.24) is 4.98 Å². The Kier molecular flexibility index (Phi) is 6.91. The van der Waals surface area contributed by atoms with Gasteiger partial charge in [0, 0.05) is 30.9 Å². The fourth-order valence-corrected chi connectivity index (χ4v) is 4.61. The number of pyridine rings is 1. The predicted octanol–water partition coefficient (Wildman–Crippen LogP) is 5.67. The highest BCUT2D eigenvalue weighted by atomic mass is 35.5. The molecule has 5 rings (SSSR count). The molecule has 1 fully saturated rings. The van der Waals surface area contributed by atoms with Crippen LogP contribution >= 0.6 is 12.4 Å². The lowest BCUT2D eigenvalue weighted by atomic mass is 9.99. The Morgan fingerprint density at radius 3 is 2.60 bits per heavy atom. The number of nitrogens with one attached hydrogen (secondary N) is 1. The second-order valence-corrected chi connectivity index (χ2v) is 8.56. The summed E-state index contributed by atoms with van der Waals surface area (Å²) < 4.78 is 39.7. The molecular formula is C25H25ClF3N5O. The number of hydrogen-bond acceptors (Lipinski definition) is 4. The third-order valence-electron chi connectivity index (χ3n) is 6.33. The van der Waals surface area contributed by atoms with Gasteiger partial charge in [0.25, 0.3) is 0 Å². The van der Waals surface area contributed by atoms with Crippen LogP contribution in [0.5, 0.6) is 0 Å². The summed E-state index contributed by atoms with van der Waals surface area (Å²) in [6.07, 6.45) is -2.68. The first-order chi connectivity index (χ1) is 16.3. The fraction of sp³-hybridized carbons (Fsp3) is 0.280. The lowest BCUT2D eigenvalue weighted by Gasteiger charge is -2.45. The molecule has 3 aromatic rings. The van der Waals surface area contributed by atoms with E-state index in [2.05, 4.69) is 10.2 Å². The number of amides is 2. The molecule has 2 aliphatic rings. The molecule has 10 heteroatoms. The van der Waals surface area contributed by atoms with Gasteiger partial charge in [0.2, 0.25) is 0 Å². The Morgan fingerprint density at radius 1 is 1.11 bits per heavy atom. The van der Waals surface area contributed by atoms with Crippen LogP contribution in [0.15, 0.2) is 60.7 Å². The smallest absolute Gasteiger partial charge is 0.366 e. The zero-order valence-electron chi connectivity index (χ0n) is 18.8. The fourth-order valence-electron chi connectivity index (χ4n) is 4.61. The van der Waals surface area contributed by atoms with Crippen LogP contribution in [0.25, 0.3) is 11.3 Å². The molecule has 0 spiro atoms. The van der Waals surface area contributed by atoms with Gasteiger partial charge in [0.15, 0.2) is 5.82 Å². The second kappa shape index (κ2) is 9.75. The van der Waals surface area contributed by atoms with Gasteiger partial charge in [0.05, 0.1) is 23.0 Å². The number of benzene rings is 2. The Balaban J connectivity index is 0.00000289. The van der Waals surface area contributed by atoms with E-state index < -0.39 is 11.7 Å². The van der Waals surface area contributed by atoms with E-state index in [-0.39, 0.29) is 24.5 Å². The summed E-state index contributed by atoms with van der Waals surface area (Å²) in [5.74, 6) is 0.460. The summed E-state index contributed by atoms with van der Waals surface area (Å²) in [5, 5.41) is 2.93. The molecule has 1 aromatic heterocycles. The number of anilines is 3. The van der Waals surface area contributed by atoms with Gasteiger partial charge in [-0.3, -0.25) is 4.90 Å². The number of aromatic nitrogens is 1. The topological polar surface area (TPSA) is 74.5 Å². The van der Waals surface area contributed by atoms with E-state index in [1.807, 2.05) is 18.2 Å². The number of fused-ring (bicyclic) bond motifs is 4. The van der Waals surface area contributed by atoms with Crippen molar-refractivity contribution >= 4 is 35.6 Å². The van der Waals surface area contributed by atoms with Crippen LogP contribution in [0.1, 0.15) is 24.0 Å². The molecule has 6 nitrogen and oxygen atoms in total. The van der Waals surface area contributed by atoms with E-state index >= 15 is 0 Å². The van der Waals surface area contributed by atoms with E-state index in [0.29, 0.717) is 35.9 Å². The number of nitrogens with zero attached hydrogens (tertiary/aromatic N) is 3. The molecule has 35 heavy (non-hydrogen) atoms.